The van der Waals surface area contributed by atoms with E-state index in [1.165, 1.54) is 49.8 Å². The third kappa shape index (κ3) is 3.20. The summed E-state index contributed by atoms with van der Waals surface area (Å²) in [5, 5.41) is 3.82. The first-order valence-corrected chi connectivity index (χ1v) is 8.05. The molecule has 1 aromatic carbocycles. The van der Waals surface area contributed by atoms with Crippen molar-refractivity contribution in [1.82, 2.24) is 5.32 Å². The zero-order valence-corrected chi connectivity index (χ0v) is 12.4. The van der Waals surface area contributed by atoms with Gasteiger partial charge in [-0.25, -0.2) is 0 Å². The molecule has 0 heterocycles. The fraction of sp³-hybridized carbons (Fsp3) is 0.667. The second-order valence-electron chi connectivity index (χ2n) is 6.74. The van der Waals surface area contributed by atoms with Gasteiger partial charge in [0.25, 0.3) is 0 Å². The molecule has 0 aromatic heterocycles. The molecule has 1 nitrogen and oxygen atoms in total. The zero-order valence-electron chi connectivity index (χ0n) is 12.4. The summed E-state index contributed by atoms with van der Waals surface area (Å²) < 4.78 is 0. The van der Waals surface area contributed by atoms with E-state index in [0.29, 0.717) is 6.04 Å². The monoisotopic (exact) mass is 257 g/mol. The number of hydrogen-bond donors (Lipinski definition) is 1. The number of benzene rings is 1. The minimum Gasteiger partial charge on any atom is -0.313 e. The van der Waals surface area contributed by atoms with E-state index in [0.717, 1.165) is 17.8 Å². The average molecular weight is 257 g/mol. The van der Waals surface area contributed by atoms with Crippen LogP contribution in [0.4, 0.5) is 0 Å². The van der Waals surface area contributed by atoms with Crippen LogP contribution in [0.3, 0.4) is 0 Å². The summed E-state index contributed by atoms with van der Waals surface area (Å²) in [4.78, 5) is 0. The molecule has 0 saturated heterocycles. The summed E-state index contributed by atoms with van der Waals surface area (Å²) in [7, 11) is 0. The van der Waals surface area contributed by atoms with Gasteiger partial charge in [-0.1, -0.05) is 36.8 Å². The second kappa shape index (κ2) is 5.66. The molecule has 1 aromatic rings. The van der Waals surface area contributed by atoms with E-state index in [4.69, 9.17) is 0 Å². The lowest BCUT2D eigenvalue weighted by Crippen LogP contribution is -2.38. The number of aryl methyl sites for hydroxylation is 1. The molecule has 2 aliphatic rings. The number of hydrogen-bond acceptors (Lipinski definition) is 1. The van der Waals surface area contributed by atoms with E-state index in [2.05, 4.69) is 43.4 Å². The Labute approximate surface area is 117 Å². The Kier molecular flexibility index (Phi) is 3.93. The van der Waals surface area contributed by atoms with Crippen LogP contribution in [0.25, 0.3) is 0 Å². The summed E-state index contributed by atoms with van der Waals surface area (Å²) in [6, 6.07) is 9.75. The van der Waals surface area contributed by atoms with Gasteiger partial charge in [0, 0.05) is 6.04 Å². The van der Waals surface area contributed by atoms with E-state index in [1.807, 2.05) is 0 Å². The molecule has 3 atom stereocenters. The lowest BCUT2D eigenvalue weighted by Gasteiger charge is -2.26. The minimum atomic E-state index is 0.703. The molecule has 2 aliphatic carbocycles. The number of fused-ring (bicyclic) bond motifs is 1. The molecule has 1 heteroatoms. The maximum absolute atomic E-state index is 3.82. The normalized spacial score (nSPS) is 30.1. The van der Waals surface area contributed by atoms with E-state index in [9.17, 15) is 0 Å². The minimum absolute atomic E-state index is 0.703. The molecule has 19 heavy (non-hydrogen) atoms. The van der Waals surface area contributed by atoms with Crippen molar-refractivity contribution in [2.75, 3.05) is 6.54 Å². The highest BCUT2D eigenvalue weighted by Crippen LogP contribution is 2.55. The Morgan fingerprint density at radius 1 is 1.21 bits per heavy atom. The first kappa shape index (κ1) is 13.2. The Hall–Kier alpha value is -0.820. The van der Waals surface area contributed by atoms with Gasteiger partial charge in [-0.05, 0) is 68.9 Å². The van der Waals surface area contributed by atoms with Gasteiger partial charge < -0.3 is 5.32 Å². The van der Waals surface area contributed by atoms with Gasteiger partial charge in [0.05, 0.1) is 0 Å². The molecule has 0 radical (unpaired) electrons. The van der Waals surface area contributed by atoms with Gasteiger partial charge in [0.15, 0.2) is 0 Å². The van der Waals surface area contributed by atoms with E-state index in [-0.39, 0.29) is 0 Å². The quantitative estimate of drug-likeness (QED) is 0.813. The maximum Gasteiger partial charge on any atom is 0.0136 e. The fourth-order valence-electron chi connectivity index (χ4n) is 3.92. The van der Waals surface area contributed by atoms with Crippen LogP contribution in [0.5, 0.6) is 0 Å². The predicted molar refractivity (Wildman–Crippen MR) is 81.3 cm³/mol. The molecule has 104 valence electrons. The van der Waals surface area contributed by atoms with E-state index >= 15 is 0 Å². The van der Waals surface area contributed by atoms with Crippen LogP contribution in [0.15, 0.2) is 24.3 Å². The van der Waals surface area contributed by atoms with Crippen molar-refractivity contribution in [2.24, 2.45) is 17.8 Å². The Morgan fingerprint density at radius 2 is 2.00 bits per heavy atom. The molecule has 2 fully saturated rings. The van der Waals surface area contributed by atoms with Crippen molar-refractivity contribution < 1.29 is 0 Å². The first-order chi connectivity index (χ1) is 9.26. The molecule has 0 aliphatic heterocycles. The van der Waals surface area contributed by atoms with E-state index < -0.39 is 0 Å². The molecule has 0 spiro atoms. The van der Waals surface area contributed by atoms with Crippen LogP contribution in [-0.2, 0) is 6.42 Å². The van der Waals surface area contributed by atoms with Crippen molar-refractivity contribution in [1.29, 1.82) is 0 Å². The summed E-state index contributed by atoms with van der Waals surface area (Å²) in [6.07, 6.45) is 6.95. The van der Waals surface area contributed by atoms with Crippen LogP contribution >= 0.6 is 0 Å². The van der Waals surface area contributed by atoms with Crippen LogP contribution < -0.4 is 5.32 Å². The molecule has 3 unspecified atom stereocenters. The van der Waals surface area contributed by atoms with Crippen molar-refractivity contribution in [3.8, 4) is 0 Å². The second-order valence-corrected chi connectivity index (χ2v) is 6.74. The van der Waals surface area contributed by atoms with Gasteiger partial charge in [0.2, 0.25) is 0 Å². The topological polar surface area (TPSA) is 12.0 Å². The van der Waals surface area contributed by atoms with Crippen LogP contribution in [0.2, 0.25) is 0 Å². The highest BCUT2D eigenvalue weighted by atomic mass is 14.9. The summed E-state index contributed by atoms with van der Waals surface area (Å²) >= 11 is 0. The summed E-state index contributed by atoms with van der Waals surface area (Å²) in [6.45, 7) is 5.63. The van der Waals surface area contributed by atoms with E-state index in [1.54, 1.807) is 0 Å². The van der Waals surface area contributed by atoms with Gasteiger partial charge in [-0.3, -0.25) is 0 Å². The maximum atomic E-state index is 3.82. The zero-order chi connectivity index (χ0) is 13.2. The highest BCUT2D eigenvalue weighted by Gasteiger charge is 2.47. The van der Waals surface area contributed by atoms with Gasteiger partial charge in [-0.2, -0.15) is 0 Å². The Morgan fingerprint density at radius 3 is 2.68 bits per heavy atom. The number of nitrogens with one attached hydrogen (secondary N) is 1. The molecule has 2 saturated carbocycles. The lowest BCUT2D eigenvalue weighted by atomic mass is 9.89. The van der Waals surface area contributed by atoms with Crippen molar-refractivity contribution >= 4 is 0 Å². The average Bonchev–Trinajstić information content (AvgIpc) is 3.01. The molecule has 3 rings (SSSR count). The van der Waals surface area contributed by atoms with Crippen molar-refractivity contribution in [3.63, 3.8) is 0 Å². The standard InChI is InChI=1S/C18H27N/c1-3-7-19-18(17-11-15-10-16(15)12-17)9-14-6-4-5-13(2)8-14/h4-6,8,15-19H,3,7,9-12H2,1-2H3. The lowest BCUT2D eigenvalue weighted by molar-refractivity contribution is 0.332. The molecular formula is C18H27N. The van der Waals surface area contributed by atoms with Gasteiger partial charge >= 0.3 is 0 Å². The van der Waals surface area contributed by atoms with Crippen molar-refractivity contribution in [3.05, 3.63) is 35.4 Å². The van der Waals surface area contributed by atoms with Crippen molar-refractivity contribution in [2.45, 2.75) is 52.0 Å². The third-order valence-corrected chi connectivity index (χ3v) is 5.04. The third-order valence-electron chi connectivity index (χ3n) is 5.04. The first-order valence-electron chi connectivity index (χ1n) is 8.05. The number of rotatable bonds is 6. The van der Waals surface area contributed by atoms with Gasteiger partial charge in [-0.15, -0.1) is 0 Å². The summed E-state index contributed by atoms with van der Waals surface area (Å²) in [5.74, 6) is 3.11. The molecule has 0 bridgehead atoms. The van der Waals surface area contributed by atoms with Crippen LogP contribution in [0.1, 0.15) is 43.7 Å². The molecule has 1 N–H and O–H groups in total. The Balaban J connectivity index is 1.64. The highest BCUT2D eigenvalue weighted by molar-refractivity contribution is 5.23. The smallest absolute Gasteiger partial charge is 0.0136 e. The van der Waals surface area contributed by atoms with Crippen LogP contribution in [-0.4, -0.2) is 12.6 Å². The van der Waals surface area contributed by atoms with Crippen LogP contribution in [0, 0.1) is 24.7 Å². The predicted octanol–water partition coefficient (Wildman–Crippen LogP) is 3.95. The summed E-state index contributed by atoms with van der Waals surface area (Å²) in [5.41, 5.74) is 2.90. The fourth-order valence-corrected chi connectivity index (χ4v) is 3.92. The molecule has 0 amide bonds. The van der Waals surface area contributed by atoms with Gasteiger partial charge in [0.1, 0.15) is 0 Å². The largest absolute Gasteiger partial charge is 0.313 e. The Bertz CT molecular complexity index is 415. The molecular weight excluding hydrogens is 230 g/mol. The SMILES string of the molecule is CCCNC(Cc1cccc(C)c1)C1CC2CC2C1.